The van der Waals surface area contributed by atoms with Crippen molar-refractivity contribution in [3.8, 4) is 11.6 Å². The number of amides is 2. The van der Waals surface area contributed by atoms with Gasteiger partial charge in [0.15, 0.2) is 5.82 Å². The van der Waals surface area contributed by atoms with Crippen molar-refractivity contribution >= 4 is 45.0 Å². The Kier molecular flexibility index (Phi) is 5.66. The van der Waals surface area contributed by atoms with Crippen molar-refractivity contribution < 1.29 is 14.7 Å². The van der Waals surface area contributed by atoms with Crippen molar-refractivity contribution in [2.75, 3.05) is 12.4 Å². The van der Waals surface area contributed by atoms with E-state index in [9.17, 15) is 14.7 Å². The number of hydrogen-bond donors (Lipinski definition) is 3. The van der Waals surface area contributed by atoms with Crippen LogP contribution in [0.5, 0.6) is 5.75 Å². The van der Waals surface area contributed by atoms with E-state index in [-0.39, 0.29) is 28.5 Å². The number of phenolic OH excluding ortho intramolecular Hbond substituents is 1. The lowest BCUT2D eigenvalue weighted by molar-refractivity contribution is 0.0963. The van der Waals surface area contributed by atoms with Gasteiger partial charge in [0.05, 0.1) is 16.3 Å². The molecule has 2 heterocycles. The van der Waals surface area contributed by atoms with Gasteiger partial charge in [0.25, 0.3) is 11.8 Å². The van der Waals surface area contributed by atoms with Crippen molar-refractivity contribution in [1.29, 1.82) is 0 Å². The van der Waals surface area contributed by atoms with E-state index in [0.717, 1.165) is 0 Å². The van der Waals surface area contributed by atoms with E-state index >= 15 is 0 Å². The highest BCUT2D eigenvalue weighted by Gasteiger charge is 2.22. The van der Waals surface area contributed by atoms with Gasteiger partial charge in [-0.05, 0) is 52.7 Å². The number of aryl methyl sites for hydroxylation is 1. The molecule has 0 aliphatic carbocycles. The smallest absolute Gasteiger partial charge is 0.274 e. The van der Waals surface area contributed by atoms with Gasteiger partial charge in [0.2, 0.25) is 0 Å². The number of carbonyl (C=O) groups excluding carboxylic acids is 2. The number of phenols is 1. The molecule has 0 fully saturated rings. The van der Waals surface area contributed by atoms with Crippen LogP contribution in [0.4, 0.5) is 5.69 Å². The average Bonchev–Trinajstić information content (AvgIpc) is 3.05. The van der Waals surface area contributed by atoms with Crippen LogP contribution < -0.4 is 10.6 Å². The van der Waals surface area contributed by atoms with E-state index in [2.05, 4.69) is 36.6 Å². The quantitative estimate of drug-likeness (QED) is 0.513. The second-order valence-corrected chi connectivity index (χ2v) is 7.01. The molecule has 0 aliphatic heterocycles. The summed E-state index contributed by atoms with van der Waals surface area (Å²) in [5.41, 5.74) is 1.09. The van der Waals surface area contributed by atoms with Crippen molar-refractivity contribution in [3.05, 3.63) is 63.0 Å². The second-order valence-electron chi connectivity index (χ2n) is 5.79. The Morgan fingerprint density at radius 1 is 1.25 bits per heavy atom. The fourth-order valence-electron chi connectivity index (χ4n) is 2.63. The first kappa shape index (κ1) is 19.8. The summed E-state index contributed by atoms with van der Waals surface area (Å²) in [6, 6.07) is 7.54. The first-order valence-corrected chi connectivity index (χ1v) is 9.22. The number of hydrogen-bond acceptors (Lipinski definition) is 5. The lowest BCUT2D eigenvalue weighted by Gasteiger charge is -2.14. The molecule has 0 radical (unpaired) electrons. The standard InChI is InChI=1S/C18H15BrClN5O3/c1-9-6-10(26)7-11(17(27)21-2)15(9)23-18(28)13-8-14(19)24-25(13)16-12(20)4-3-5-22-16/h3-8,26H,1-2H3,(H,21,27)(H,23,28). The molecule has 28 heavy (non-hydrogen) atoms. The molecule has 0 saturated carbocycles. The minimum atomic E-state index is -0.529. The van der Waals surface area contributed by atoms with Gasteiger partial charge >= 0.3 is 0 Å². The number of halogens is 2. The maximum Gasteiger partial charge on any atom is 0.274 e. The van der Waals surface area contributed by atoms with Crippen molar-refractivity contribution in [3.63, 3.8) is 0 Å². The van der Waals surface area contributed by atoms with E-state index in [1.54, 1.807) is 19.1 Å². The van der Waals surface area contributed by atoms with Crippen molar-refractivity contribution in [1.82, 2.24) is 20.1 Å². The summed E-state index contributed by atoms with van der Waals surface area (Å²) in [6.07, 6.45) is 1.53. The third-order valence-electron chi connectivity index (χ3n) is 3.88. The lowest BCUT2D eigenvalue weighted by Crippen LogP contribution is -2.23. The second kappa shape index (κ2) is 7.99. The van der Waals surface area contributed by atoms with Crippen molar-refractivity contribution in [2.45, 2.75) is 6.92 Å². The van der Waals surface area contributed by atoms with Crippen molar-refractivity contribution in [2.24, 2.45) is 0 Å². The number of aromatic hydroxyl groups is 1. The molecule has 144 valence electrons. The fraction of sp³-hybridized carbons (Fsp3) is 0.111. The van der Waals surface area contributed by atoms with Gasteiger partial charge in [-0.25, -0.2) is 9.67 Å². The van der Waals surface area contributed by atoms with Gasteiger partial charge in [0, 0.05) is 19.3 Å². The van der Waals surface area contributed by atoms with Gasteiger partial charge in [0.1, 0.15) is 16.0 Å². The summed E-state index contributed by atoms with van der Waals surface area (Å²) in [5, 5.41) is 19.5. The summed E-state index contributed by atoms with van der Waals surface area (Å²) in [6.45, 7) is 1.67. The lowest BCUT2D eigenvalue weighted by atomic mass is 10.1. The Balaban J connectivity index is 2.05. The largest absolute Gasteiger partial charge is 0.508 e. The van der Waals surface area contributed by atoms with Gasteiger partial charge in [-0.15, -0.1) is 0 Å². The zero-order valence-electron chi connectivity index (χ0n) is 14.8. The molecule has 0 bridgehead atoms. The van der Waals surface area contributed by atoms with Gasteiger partial charge in [-0.1, -0.05) is 11.6 Å². The van der Waals surface area contributed by atoms with Crippen LogP contribution in [0.15, 0.2) is 41.1 Å². The molecule has 0 atom stereocenters. The molecule has 0 unspecified atom stereocenters. The minimum absolute atomic E-state index is 0.0813. The predicted molar refractivity (Wildman–Crippen MR) is 108 cm³/mol. The maximum absolute atomic E-state index is 13.0. The highest BCUT2D eigenvalue weighted by atomic mass is 79.9. The van der Waals surface area contributed by atoms with Crippen LogP contribution in [0.3, 0.4) is 0 Å². The summed E-state index contributed by atoms with van der Waals surface area (Å²) in [4.78, 5) is 29.3. The summed E-state index contributed by atoms with van der Waals surface area (Å²) in [5.74, 6) is -0.772. The predicted octanol–water partition coefficient (Wildman–Crippen LogP) is 3.31. The number of nitrogens with one attached hydrogen (secondary N) is 2. The number of pyridine rings is 1. The fourth-order valence-corrected chi connectivity index (χ4v) is 3.21. The Hall–Kier alpha value is -2.91. The minimum Gasteiger partial charge on any atom is -0.508 e. The monoisotopic (exact) mass is 463 g/mol. The Morgan fingerprint density at radius 2 is 2.00 bits per heavy atom. The van der Waals surface area contributed by atoms with Gasteiger partial charge in [-0.2, -0.15) is 5.10 Å². The van der Waals surface area contributed by atoms with E-state index < -0.39 is 11.8 Å². The SMILES string of the molecule is CNC(=O)c1cc(O)cc(C)c1NC(=O)c1cc(Br)nn1-c1ncccc1Cl. The summed E-state index contributed by atoms with van der Waals surface area (Å²) < 4.78 is 1.71. The molecule has 3 aromatic rings. The molecule has 2 amide bonds. The number of anilines is 1. The topological polar surface area (TPSA) is 109 Å². The normalized spacial score (nSPS) is 10.6. The number of aromatic nitrogens is 3. The molecule has 0 saturated heterocycles. The maximum atomic E-state index is 13.0. The Bertz CT molecular complexity index is 1080. The molecular formula is C18H15BrClN5O3. The zero-order chi connectivity index (χ0) is 20.4. The van der Waals surface area contributed by atoms with E-state index in [1.165, 1.54) is 36.1 Å². The molecule has 3 N–H and O–H groups in total. The zero-order valence-corrected chi connectivity index (χ0v) is 17.2. The Labute approximate surface area is 173 Å². The van der Waals surface area contributed by atoms with Gasteiger partial charge in [-0.3, -0.25) is 9.59 Å². The first-order valence-electron chi connectivity index (χ1n) is 8.05. The van der Waals surface area contributed by atoms with Crippen LogP contribution >= 0.6 is 27.5 Å². The molecule has 0 spiro atoms. The first-order chi connectivity index (χ1) is 13.3. The molecule has 8 nitrogen and oxygen atoms in total. The van der Waals surface area contributed by atoms with E-state index in [0.29, 0.717) is 15.2 Å². The number of carbonyl (C=O) groups is 2. The summed E-state index contributed by atoms with van der Waals surface area (Å²) in [7, 11) is 1.46. The van der Waals surface area contributed by atoms with Crippen LogP contribution in [0.2, 0.25) is 5.02 Å². The molecule has 3 rings (SSSR count). The van der Waals surface area contributed by atoms with Crippen LogP contribution in [-0.4, -0.2) is 38.7 Å². The molecular weight excluding hydrogens is 450 g/mol. The molecule has 2 aromatic heterocycles. The molecule has 0 aliphatic rings. The third-order valence-corrected chi connectivity index (χ3v) is 4.56. The van der Waals surface area contributed by atoms with Gasteiger partial charge < -0.3 is 15.7 Å². The number of benzene rings is 1. The highest BCUT2D eigenvalue weighted by Crippen LogP contribution is 2.28. The van der Waals surface area contributed by atoms with E-state index in [1.807, 2.05) is 0 Å². The average molecular weight is 465 g/mol. The van der Waals surface area contributed by atoms with E-state index in [4.69, 9.17) is 11.6 Å². The number of nitrogens with zero attached hydrogens (tertiary/aromatic N) is 3. The Morgan fingerprint density at radius 3 is 2.68 bits per heavy atom. The van der Waals surface area contributed by atoms with Crippen LogP contribution in [0.1, 0.15) is 26.4 Å². The molecule has 10 heteroatoms. The number of rotatable bonds is 4. The third kappa shape index (κ3) is 3.85. The van der Waals surface area contributed by atoms with Crippen LogP contribution in [0, 0.1) is 6.92 Å². The van der Waals surface area contributed by atoms with Crippen LogP contribution in [0.25, 0.3) is 5.82 Å². The summed E-state index contributed by atoms with van der Waals surface area (Å²) >= 11 is 9.43. The van der Waals surface area contributed by atoms with Crippen LogP contribution in [-0.2, 0) is 0 Å². The highest BCUT2D eigenvalue weighted by molar-refractivity contribution is 9.10. The molecule has 1 aromatic carbocycles.